The molecule has 154 valence electrons. The van der Waals surface area contributed by atoms with E-state index < -0.39 is 33.7 Å². The Balaban J connectivity index is 1.51. The molecule has 0 aliphatic heterocycles. The Bertz CT molecular complexity index is 1070. The number of fused-ring (bicyclic) bond motifs is 1. The Morgan fingerprint density at radius 3 is 2.55 bits per heavy atom. The van der Waals surface area contributed by atoms with Crippen LogP contribution in [0, 0.1) is 0 Å². The number of pyridine rings is 1. The van der Waals surface area contributed by atoms with Gasteiger partial charge >= 0.3 is 6.18 Å². The zero-order valence-corrected chi connectivity index (χ0v) is 16.0. The molecule has 0 saturated heterocycles. The van der Waals surface area contributed by atoms with Crippen LogP contribution >= 0.6 is 0 Å². The molecule has 10 heteroatoms. The number of amides is 1. The number of halogens is 3. The number of hydrogen-bond donors (Lipinski definition) is 2. The molecule has 1 amide bonds. The van der Waals surface area contributed by atoms with Gasteiger partial charge in [-0.1, -0.05) is 6.07 Å². The van der Waals surface area contributed by atoms with Crippen LogP contribution in [0.3, 0.4) is 0 Å². The zero-order chi connectivity index (χ0) is 20.8. The van der Waals surface area contributed by atoms with Gasteiger partial charge in [0.25, 0.3) is 5.91 Å². The van der Waals surface area contributed by atoms with Gasteiger partial charge in [-0.05, 0) is 55.0 Å². The minimum absolute atomic E-state index is 0.0732. The lowest BCUT2D eigenvalue weighted by molar-refractivity contribution is -0.137. The van der Waals surface area contributed by atoms with Gasteiger partial charge in [0.05, 0.1) is 17.2 Å². The number of sulfonamides is 1. The lowest BCUT2D eigenvalue weighted by Gasteiger charge is -2.15. The van der Waals surface area contributed by atoms with Gasteiger partial charge in [-0.2, -0.15) is 13.2 Å². The van der Waals surface area contributed by atoms with Crippen LogP contribution < -0.4 is 10.0 Å². The molecule has 6 nitrogen and oxygen atoms in total. The second-order valence-electron chi connectivity index (χ2n) is 7.28. The van der Waals surface area contributed by atoms with E-state index in [1.54, 1.807) is 0 Å². The van der Waals surface area contributed by atoms with Gasteiger partial charge in [-0.15, -0.1) is 0 Å². The average molecular weight is 425 g/mol. The fourth-order valence-electron chi connectivity index (χ4n) is 3.36. The van der Waals surface area contributed by atoms with E-state index in [1.165, 1.54) is 24.5 Å². The van der Waals surface area contributed by atoms with Crippen molar-refractivity contribution >= 4 is 15.9 Å². The van der Waals surface area contributed by atoms with E-state index in [0.29, 0.717) is 24.0 Å². The fraction of sp³-hybridized carbons (Fsp3) is 0.368. The van der Waals surface area contributed by atoms with E-state index in [-0.39, 0.29) is 16.5 Å². The van der Waals surface area contributed by atoms with Crippen LogP contribution in [0.25, 0.3) is 0 Å². The van der Waals surface area contributed by atoms with Crippen LogP contribution in [0.15, 0.2) is 41.6 Å². The number of nitrogens with one attached hydrogen (secondary N) is 2. The van der Waals surface area contributed by atoms with Crippen LogP contribution in [-0.4, -0.2) is 25.4 Å². The minimum atomic E-state index is -4.41. The van der Waals surface area contributed by atoms with E-state index in [2.05, 4.69) is 15.0 Å². The molecule has 1 fully saturated rings. The predicted octanol–water partition coefficient (Wildman–Crippen LogP) is 2.96. The summed E-state index contributed by atoms with van der Waals surface area (Å²) in [5.74, 6) is -0.529. The molecule has 2 N–H and O–H groups in total. The number of benzene rings is 1. The van der Waals surface area contributed by atoms with Crippen LogP contribution in [0.1, 0.15) is 52.4 Å². The summed E-state index contributed by atoms with van der Waals surface area (Å²) in [6.45, 7) is 0. The van der Waals surface area contributed by atoms with Crippen molar-refractivity contribution in [1.29, 1.82) is 0 Å². The van der Waals surface area contributed by atoms with Gasteiger partial charge < -0.3 is 5.32 Å². The summed E-state index contributed by atoms with van der Waals surface area (Å²) in [5.41, 5.74) is 0.546. The largest absolute Gasteiger partial charge is 0.416 e. The van der Waals surface area contributed by atoms with Gasteiger partial charge in [0.15, 0.2) is 0 Å². The molecule has 0 radical (unpaired) electrons. The summed E-state index contributed by atoms with van der Waals surface area (Å²) in [7, 11) is -3.75. The van der Waals surface area contributed by atoms with E-state index in [9.17, 15) is 26.4 Å². The maximum Gasteiger partial charge on any atom is 0.416 e. The third-order valence-corrected chi connectivity index (χ3v) is 6.53. The first-order valence-electron chi connectivity index (χ1n) is 9.12. The number of alkyl halides is 3. The first-order valence-corrected chi connectivity index (χ1v) is 10.6. The molecule has 1 atom stereocenters. The quantitative estimate of drug-likeness (QED) is 0.771. The van der Waals surface area contributed by atoms with Crippen molar-refractivity contribution < 1.29 is 26.4 Å². The SMILES string of the molecule is O=C(N[C@@H]1CCc2cc(C(F)(F)F)ccc21)c1cncc(S(=O)(=O)NC2CC2)c1. The average Bonchev–Trinajstić information content (AvgIpc) is 3.38. The standard InChI is InChI=1S/C19H18F3N3O3S/c20-19(21,22)13-2-5-16-11(7-13)1-6-17(16)24-18(26)12-8-15(10-23-9-12)29(27,28)25-14-3-4-14/h2,5,7-10,14,17,25H,1,3-4,6H2,(H,24,26)/t17-/m1/s1. The number of aromatic nitrogens is 1. The number of carbonyl (C=O) groups is 1. The van der Waals surface area contributed by atoms with E-state index >= 15 is 0 Å². The molecule has 1 saturated carbocycles. The first kappa shape index (κ1) is 19.8. The molecule has 4 rings (SSSR count). The van der Waals surface area contributed by atoms with Crippen molar-refractivity contribution in [2.75, 3.05) is 0 Å². The third-order valence-electron chi connectivity index (χ3n) is 5.04. The summed E-state index contributed by atoms with van der Waals surface area (Å²) in [6.07, 6.45) is 0.467. The van der Waals surface area contributed by atoms with Crippen molar-refractivity contribution in [3.05, 3.63) is 58.9 Å². The molecular weight excluding hydrogens is 407 g/mol. The Kier molecular flexibility index (Phi) is 4.86. The summed E-state index contributed by atoms with van der Waals surface area (Å²) in [4.78, 5) is 16.4. The molecule has 1 aromatic carbocycles. The Morgan fingerprint density at radius 2 is 1.86 bits per heavy atom. The summed E-state index contributed by atoms with van der Waals surface area (Å²) < 4.78 is 65.7. The van der Waals surface area contributed by atoms with Crippen LogP contribution in [0.4, 0.5) is 13.2 Å². The topological polar surface area (TPSA) is 88.2 Å². The number of carbonyl (C=O) groups excluding carboxylic acids is 1. The number of nitrogens with zero attached hydrogens (tertiary/aromatic N) is 1. The Hall–Kier alpha value is -2.46. The lowest BCUT2D eigenvalue weighted by atomic mass is 10.0. The number of hydrogen-bond acceptors (Lipinski definition) is 4. The molecule has 0 bridgehead atoms. The van der Waals surface area contributed by atoms with Crippen molar-refractivity contribution in [2.24, 2.45) is 0 Å². The van der Waals surface area contributed by atoms with Crippen LogP contribution in [0.5, 0.6) is 0 Å². The van der Waals surface area contributed by atoms with Crippen molar-refractivity contribution in [3.63, 3.8) is 0 Å². The molecule has 1 aromatic heterocycles. The maximum atomic E-state index is 12.9. The zero-order valence-electron chi connectivity index (χ0n) is 15.2. The highest BCUT2D eigenvalue weighted by atomic mass is 32.2. The molecule has 0 unspecified atom stereocenters. The normalized spacial score (nSPS) is 19.1. The van der Waals surface area contributed by atoms with E-state index in [0.717, 1.165) is 25.0 Å². The fourth-order valence-corrected chi connectivity index (χ4v) is 4.66. The van der Waals surface area contributed by atoms with Gasteiger partial charge in [0.1, 0.15) is 4.90 Å². The minimum Gasteiger partial charge on any atom is -0.345 e. The number of rotatable bonds is 5. The molecule has 2 aliphatic rings. The Labute approximate surface area is 165 Å². The van der Waals surface area contributed by atoms with Crippen LogP contribution in [-0.2, 0) is 22.6 Å². The van der Waals surface area contributed by atoms with Crippen molar-refractivity contribution in [1.82, 2.24) is 15.0 Å². The summed E-state index contributed by atoms with van der Waals surface area (Å²) in [5, 5.41) is 2.77. The van der Waals surface area contributed by atoms with E-state index in [1.807, 2.05) is 0 Å². The second kappa shape index (κ2) is 7.10. The monoisotopic (exact) mass is 425 g/mol. The van der Waals surface area contributed by atoms with Gasteiger partial charge in [0, 0.05) is 18.4 Å². The molecule has 0 spiro atoms. The second-order valence-corrected chi connectivity index (χ2v) is 8.99. The van der Waals surface area contributed by atoms with Crippen molar-refractivity contribution in [2.45, 2.75) is 48.8 Å². The maximum absolute atomic E-state index is 12.9. The highest BCUT2D eigenvalue weighted by Crippen LogP contribution is 2.36. The van der Waals surface area contributed by atoms with Crippen LogP contribution in [0.2, 0.25) is 0 Å². The molecule has 2 aromatic rings. The predicted molar refractivity (Wildman–Crippen MR) is 97.6 cm³/mol. The highest BCUT2D eigenvalue weighted by molar-refractivity contribution is 7.89. The van der Waals surface area contributed by atoms with Gasteiger partial charge in [-0.25, -0.2) is 13.1 Å². The summed E-state index contributed by atoms with van der Waals surface area (Å²) in [6, 6.07) is 4.23. The third kappa shape index (κ3) is 4.27. The van der Waals surface area contributed by atoms with Gasteiger partial charge in [0.2, 0.25) is 10.0 Å². The highest BCUT2D eigenvalue weighted by Gasteiger charge is 2.33. The lowest BCUT2D eigenvalue weighted by Crippen LogP contribution is -2.29. The Morgan fingerprint density at radius 1 is 1.10 bits per heavy atom. The smallest absolute Gasteiger partial charge is 0.345 e. The van der Waals surface area contributed by atoms with Gasteiger partial charge in [-0.3, -0.25) is 9.78 Å². The summed E-state index contributed by atoms with van der Waals surface area (Å²) >= 11 is 0. The van der Waals surface area contributed by atoms with E-state index in [4.69, 9.17) is 0 Å². The molecule has 2 aliphatic carbocycles. The first-order chi connectivity index (χ1) is 13.6. The van der Waals surface area contributed by atoms with Crippen molar-refractivity contribution in [3.8, 4) is 0 Å². The molecular formula is C19H18F3N3O3S. The molecule has 29 heavy (non-hydrogen) atoms. The number of aryl methyl sites for hydroxylation is 1. The molecule has 1 heterocycles.